The highest BCUT2D eigenvalue weighted by Gasteiger charge is 2.14. The predicted molar refractivity (Wildman–Crippen MR) is 92.6 cm³/mol. The third-order valence-corrected chi connectivity index (χ3v) is 4.77. The number of nitrogens with one attached hydrogen (secondary N) is 1. The topological polar surface area (TPSA) is 103 Å². The molecule has 0 aliphatic heterocycles. The molecule has 0 spiro atoms. The molecule has 0 fully saturated rings. The molecule has 9 heteroatoms. The van der Waals surface area contributed by atoms with Gasteiger partial charge in [0.05, 0.1) is 11.8 Å². The number of rotatable bonds is 5. The molecule has 0 aliphatic rings. The van der Waals surface area contributed by atoms with Gasteiger partial charge in [0.15, 0.2) is 0 Å². The lowest BCUT2D eigenvalue weighted by atomic mass is 10.1. The molecule has 0 unspecified atom stereocenters. The maximum Gasteiger partial charge on any atom is 0.294 e. The number of nitrogens with two attached hydrogens (primary N) is 1. The summed E-state index contributed by atoms with van der Waals surface area (Å²) in [5.74, 6) is 5.52. The molecule has 122 valence electrons. The van der Waals surface area contributed by atoms with E-state index in [2.05, 4.69) is 31.4 Å². The molecule has 2 aromatic rings. The van der Waals surface area contributed by atoms with Crippen molar-refractivity contribution in [3.05, 3.63) is 50.3 Å². The number of amides is 1. The summed E-state index contributed by atoms with van der Waals surface area (Å²) in [7, 11) is 0. The Hall–Kier alpha value is -1.87. The van der Waals surface area contributed by atoms with Crippen LogP contribution < -0.4 is 16.7 Å². The molecule has 7 nitrogen and oxygen atoms in total. The zero-order chi connectivity index (χ0) is 17.0. The number of aromatic nitrogens is 3. The molecule has 0 saturated carbocycles. The monoisotopic (exact) mass is 397 g/mol. The van der Waals surface area contributed by atoms with Crippen molar-refractivity contribution in [3.63, 3.8) is 0 Å². The quantitative estimate of drug-likeness (QED) is 0.583. The van der Waals surface area contributed by atoms with Crippen LogP contribution in [0.5, 0.6) is 0 Å². The summed E-state index contributed by atoms with van der Waals surface area (Å²) in [6.45, 7) is 3.42. The smallest absolute Gasteiger partial charge is 0.294 e. The van der Waals surface area contributed by atoms with Gasteiger partial charge >= 0.3 is 0 Å². The molecule has 1 aromatic carbocycles. The van der Waals surface area contributed by atoms with Crippen LogP contribution in [0.25, 0.3) is 0 Å². The van der Waals surface area contributed by atoms with Gasteiger partial charge in [0, 0.05) is 4.47 Å². The van der Waals surface area contributed by atoms with Crippen molar-refractivity contribution in [1.29, 1.82) is 0 Å². The van der Waals surface area contributed by atoms with Gasteiger partial charge in [-0.1, -0.05) is 45.9 Å². The second-order valence-electron chi connectivity index (χ2n) is 4.84. The number of nitrogen functional groups attached to an aromatic ring is 1. The van der Waals surface area contributed by atoms with Gasteiger partial charge in [0.1, 0.15) is 5.69 Å². The first kappa shape index (κ1) is 17.5. The lowest BCUT2D eigenvalue weighted by molar-refractivity contribution is -0.119. The van der Waals surface area contributed by atoms with Gasteiger partial charge in [0.25, 0.3) is 5.56 Å². The van der Waals surface area contributed by atoms with Crippen LogP contribution in [0.1, 0.15) is 24.2 Å². The molecular formula is C14H16BrN5O2S. The Morgan fingerprint density at radius 3 is 2.83 bits per heavy atom. The second kappa shape index (κ2) is 7.60. The second-order valence-corrected chi connectivity index (χ2v) is 6.64. The molecule has 3 N–H and O–H groups in total. The highest BCUT2D eigenvalue weighted by Crippen LogP contribution is 2.23. The maximum atomic E-state index is 12.1. The van der Waals surface area contributed by atoms with E-state index in [9.17, 15) is 9.59 Å². The number of aryl methyl sites for hydroxylation is 1. The summed E-state index contributed by atoms with van der Waals surface area (Å²) in [6, 6.07) is 7.52. The van der Waals surface area contributed by atoms with Crippen LogP contribution in [-0.4, -0.2) is 26.5 Å². The lowest BCUT2D eigenvalue weighted by Gasteiger charge is -2.15. The van der Waals surface area contributed by atoms with Gasteiger partial charge in [-0.3, -0.25) is 9.59 Å². The number of hydrogen-bond donors (Lipinski definition) is 2. The Balaban J connectivity index is 1.97. The molecule has 1 aromatic heterocycles. The fourth-order valence-electron chi connectivity index (χ4n) is 1.89. The molecule has 1 heterocycles. The lowest BCUT2D eigenvalue weighted by Crippen LogP contribution is -2.33. The number of carbonyl (C=O) groups excluding carboxylic acids is 1. The number of benzene rings is 1. The maximum absolute atomic E-state index is 12.1. The number of carbonyl (C=O) groups is 1. The Labute approximate surface area is 145 Å². The highest BCUT2D eigenvalue weighted by molar-refractivity contribution is 9.10. The van der Waals surface area contributed by atoms with Crippen molar-refractivity contribution in [2.75, 3.05) is 11.6 Å². The number of nitrogens with zero attached hydrogens (tertiary/aromatic N) is 3. The summed E-state index contributed by atoms with van der Waals surface area (Å²) in [5.41, 5.74) is 0.769. The normalized spacial score (nSPS) is 12.0. The minimum Gasteiger partial charge on any atom is -0.349 e. The first-order chi connectivity index (χ1) is 10.9. The van der Waals surface area contributed by atoms with Gasteiger partial charge in [-0.15, -0.1) is 10.2 Å². The molecule has 0 aliphatic carbocycles. The first-order valence-electron chi connectivity index (χ1n) is 6.78. The van der Waals surface area contributed by atoms with Crippen LogP contribution >= 0.6 is 27.7 Å². The van der Waals surface area contributed by atoms with E-state index in [0.717, 1.165) is 26.5 Å². The number of hydrogen-bond acceptors (Lipinski definition) is 6. The van der Waals surface area contributed by atoms with E-state index in [1.165, 1.54) is 6.92 Å². The SMILES string of the molecule is Cc1nnc(SCC(=O)N[C@H](C)c2ccccc2Br)n(N)c1=O. The summed E-state index contributed by atoms with van der Waals surface area (Å²) in [6.07, 6.45) is 0. The minimum atomic E-state index is -0.426. The first-order valence-corrected chi connectivity index (χ1v) is 8.56. The number of thioether (sulfide) groups is 1. The zero-order valence-corrected chi connectivity index (χ0v) is 15.0. The van der Waals surface area contributed by atoms with Crippen molar-refractivity contribution in [2.24, 2.45) is 0 Å². The molecule has 23 heavy (non-hydrogen) atoms. The fraction of sp³-hybridized carbons (Fsp3) is 0.286. The Morgan fingerprint density at radius 1 is 1.43 bits per heavy atom. The molecule has 1 atom stereocenters. The molecule has 0 bridgehead atoms. The van der Waals surface area contributed by atoms with Crippen molar-refractivity contribution < 1.29 is 4.79 Å². The largest absolute Gasteiger partial charge is 0.349 e. The third kappa shape index (κ3) is 4.32. The number of halogens is 1. The standard InChI is InChI=1S/C14H16BrN5O2S/c1-8(10-5-3-4-6-11(10)15)17-12(21)7-23-14-19-18-9(2)13(22)20(14)16/h3-6,8H,7,16H2,1-2H3,(H,17,21)/t8-/m1/s1. The van der Waals surface area contributed by atoms with E-state index in [4.69, 9.17) is 5.84 Å². The highest BCUT2D eigenvalue weighted by atomic mass is 79.9. The van der Waals surface area contributed by atoms with E-state index >= 15 is 0 Å². The predicted octanol–water partition coefficient (Wildman–Crippen LogP) is 1.39. The molecule has 0 saturated heterocycles. The summed E-state index contributed by atoms with van der Waals surface area (Å²) < 4.78 is 1.83. The average molecular weight is 398 g/mol. The molecular weight excluding hydrogens is 382 g/mol. The van der Waals surface area contributed by atoms with Crippen molar-refractivity contribution >= 4 is 33.6 Å². The fourth-order valence-corrected chi connectivity index (χ4v) is 3.18. The Morgan fingerprint density at radius 2 is 2.13 bits per heavy atom. The Bertz CT molecular complexity index is 780. The third-order valence-electron chi connectivity index (χ3n) is 3.10. The van der Waals surface area contributed by atoms with Crippen molar-refractivity contribution in [3.8, 4) is 0 Å². The van der Waals surface area contributed by atoms with Gasteiger partial charge in [-0.2, -0.15) is 4.68 Å². The van der Waals surface area contributed by atoms with E-state index in [1.807, 2.05) is 31.2 Å². The average Bonchev–Trinajstić information content (AvgIpc) is 2.52. The zero-order valence-electron chi connectivity index (χ0n) is 12.6. The van der Waals surface area contributed by atoms with Crippen LogP contribution in [0.2, 0.25) is 0 Å². The van der Waals surface area contributed by atoms with Gasteiger partial charge in [0.2, 0.25) is 11.1 Å². The van der Waals surface area contributed by atoms with Gasteiger partial charge < -0.3 is 11.2 Å². The molecule has 1 amide bonds. The van der Waals surface area contributed by atoms with Crippen LogP contribution in [0.15, 0.2) is 38.7 Å². The summed E-state index contributed by atoms with van der Waals surface area (Å²) in [5, 5.41) is 10.6. The van der Waals surface area contributed by atoms with Crippen molar-refractivity contribution in [1.82, 2.24) is 20.2 Å². The summed E-state index contributed by atoms with van der Waals surface area (Å²) in [4.78, 5) is 23.7. The van der Waals surface area contributed by atoms with E-state index in [1.54, 1.807) is 0 Å². The van der Waals surface area contributed by atoms with E-state index in [0.29, 0.717) is 0 Å². The molecule has 0 radical (unpaired) electrons. The molecule has 2 rings (SSSR count). The van der Waals surface area contributed by atoms with Gasteiger partial charge in [-0.05, 0) is 25.5 Å². The minimum absolute atomic E-state index is 0.0865. The van der Waals surface area contributed by atoms with Crippen LogP contribution in [0.3, 0.4) is 0 Å². The van der Waals surface area contributed by atoms with Crippen LogP contribution in [0, 0.1) is 6.92 Å². The van der Waals surface area contributed by atoms with Crippen molar-refractivity contribution in [2.45, 2.75) is 25.0 Å². The van der Waals surface area contributed by atoms with E-state index < -0.39 is 5.56 Å². The Kier molecular flexibility index (Phi) is 5.78. The van der Waals surface area contributed by atoms with Gasteiger partial charge in [-0.25, -0.2) is 0 Å². The summed E-state index contributed by atoms with van der Waals surface area (Å²) >= 11 is 4.52. The van der Waals surface area contributed by atoms with Crippen LogP contribution in [-0.2, 0) is 4.79 Å². The van der Waals surface area contributed by atoms with Crippen LogP contribution in [0.4, 0.5) is 0 Å². The van der Waals surface area contributed by atoms with E-state index in [-0.39, 0.29) is 28.6 Å².